The van der Waals surface area contributed by atoms with E-state index < -0.39 is 6.10 Å². The molecule has 1 aromatic carbocycles. The second-order valence-corrected chi connectivity index (χ2v) is 5.63. The van der Waals surface area contributed by atoms with Crippen molar-refractivity contribution in [1.82, 2.24) is 5.32 Å². The van der Waals surface area contributed by atoms with Gasteiger partial charge in [-0.25, -0.2) is 0 Å². The van der Waals surface area contributed by atoms with Crippen molar-refractivity contribution in [3.8, 4) is 11.8 Å². The lowest BCUT2D eigenvalue weighted by molar-refractivity contribution is 0.0342. The van der Waals surface area contributed by atoms with Crippen LogP contribution in [0.25, 0.3) is 0 Å². The standard InChI is InChI=1S/C16H22N2O3/c1-16(6-8-20-9-7-16)18-11-14(19)12-21-15-5-3-2-4-13(15)10-17/h2-5,14,18-19H,6-9,11-12H2,1H3. The summed E-state index contributed by atoms with van der Waals surface area (Å²) in [5, 5.41) is 22.4. The summed E-state index contributed by atoms with van der Waals surface area (Å²) in [6, 6.07) is 9.10. The van der Waals surface area contributed by atoms with Gasteiger partial charge >= 0.3 is 0 Å². The molecular weight excluding hydrogens is 268 g/mol. The first kappa shape index (κ1) is 15.8. The van der Waals surface area contributed by atoms with E-state index >= 15 is 0 Å². The molecule has 0 aliphatic carbocycles. The van der Waals surface area contributed by atoms with Crippen molar-refractivity contribution in [3.63, 3.8) is 0 Å². The summed E-state index contributed by atoms with van der Waals surface area (Å²) in [4.78, 5) is 0. The van der Waals surface area contributed by atoms with Gasteiger partial charge < -0.3 is 19.9 Å². The summed E-state index contributed by atoms with van der Waals surface area (Å²) >= 11 is 0. The highest BCUT2D eigenvalue weighted by Gasteiger charge is 2.27. The molecule has 5 heteroatoms. The molecule has 21 heavy (non-hydrogen) atoms. The van der Waals surface area contributed by atoms with Crippen LogP contribution in [0.1, 0.15) is 25.3 Å². The Morgan fingerprint density at radius 3 is 2.86 bits per heavy atom. The molecule has 1 aromatic rings. The molecule has 1 heterocycles. The Bertz CT molecular complexity index is 493. The number of ether oxygens (including phenoxy) is 2. The fourth-order valence-corrected chi connectivity index (χ4v) is 2.29. The summed E-state index contributed by atoms with van der Waals surface area (Å²) in [5.41, 5.74) is 0.498. The summed E-state index contributed by atoms with van der Waals surface area (Å²) < 4.78 is 10.9. The smallest absolute Gasteiger partial charge is 0.137 e. The minimum atomic E-state index is -0.614. The van der Waals surface area contributed by atoms with E-state index in [2.05, 4.69) is 18.3 Å². The first-order chi connectivity index (χ1) is 10.1. The Balaban J connectivity index is 1.77. The number of aliphatic hydroxyl groups excluding tert-OH is 1. The third-order valence-corrected chi connectivity index (χ3v) is 3.80. The van der Waals surface area contributed by atoms with Gasteiger partial charge in [-0.05, 0) is 31.9 Å². The van der Waals surface area contributed by atoms with Crippen LogP contribution in [0.5, 0.6) is 5.75 Å². The first-order valence-electron chi connectivity index (χ1n) is 7.26. The Kier molecular flexibility index (Phi) is 5.57. The Hall–Kier alpha value is -1.61. The third kappa shape index (κ3) is 4.71. The summed E-state index contributed by atoms with van der Waals surface area (Å²) in [5.74, 6) is 0.510. The fraction of sp³-hybridized carbons (Fsp3) is 0.562. The van der Waals surface area contributed by atoms with Gasteiger partial charge in [-0.1, -0.05) is 12.1 Å². The Morgan fingerprint density at radius 1 is 1.43 bits per heavy atom. The molecule has 0 aromatic heterocycles. The highest BCUT2D eigenvalue weighted by Crippen LogP contribution is 2.20. The molecule has 0 spiro atoms. The Labute approximate surface area is 125 Å². The number of para-hydroxylation sites is 1. The average Bonchev–Trinajstić information content (AvgIpc) is 2.52. The molecular formula is C16H22N2O3. The van der Waals surface area contributed by atoms with Crippen LogP contribution in [0.3, 0.4) is 0 Å². The number of nitrogens with one attached hydrogen (secondary N) is 1. The van der Waals surface area contributed by atoms with Crippen molar-refractivity contribution in [2.75, 3.05) is 26.4 Å². The number of benzene rings is 1. The van der Waals surface area contributed by atoms with E-state index in [1.807, 2.05) is 6.07 Å². The highest BCUT2D eigenvalue weighted by molar-refractivity contribution is 5.42. The molecule has 5 nitrogen and oxygen atoms in total. The van der Waals surface area contributed by atoms with Crippen LogP contribution < -0.4 is 10.1 Å². The van der Waals surface area contributed by atoms with Crippen LogP contribution in [0.4, 0.5) is 0 Å². The Morgan fingerprint density at radius 2 is 2.14 bits per heavy atom. The van der Waals surface area contributed by atoms with Gasteiger partial charge in [-0.2, -0.15) is 5.26 Å². The molecule has 1 aliphatic rings. The lowest BCUT2D eigenvalue weighted by Gasteiger charge is -2.35. The lowest BCUT2D eigenvalue weighted by Crippen LogP contribution is -2.50. The molecule has 2 N–H and O–H groups in total. The molecule has 1 fully saturated rings. The number of nitriles is 1. The van der Waals surface area contributed by atoms with Gasteiger partial charge in [0.25, 0.3) is 0 Å². The second-order valence-electron chi connectivity index (χ2n) is 5.63. The molecule has 1 unspecified atom stereocenters. The van der Waals surface area contributed by atoms with Gasteiger partial charge in [0, 0.05) is 25.3 Å². The van der Waals surface area contributed by atoms with Crippen LogP contribution >= 0.6 is 0 Å². The van der Waals surface area contributed by atoms with Crippen molar-refractivity contribution >= 4 is 0 Å². The topological polar surface area (TPSA) is 74.5 Å². The van der Waals surface area contributed by atoms with Gasteiger partial charge in [0.1, 0.15) is 24.5 Å². The van der Waals surface area contributed by atoms with Crippen LogP contribution in [0.2, 0.25) is 0 Å². The summed E-state index contributed by atoms with van der Waals surface area (Å²) in [6.07, 6.45) is 1.27. The van der Waals surface area contributed by atoms with Gasteiger partial charge in [0.15, 0.2) is 0 Å². The maximum absolute atomic E-state index is 10.0. The number of hydrogen-bond donors (Lipinski definition) is 2. The van der Waals surface area contributed by atoms with Crippen LogP contribution in [-0.4, -0.2) is 43.1 Å². The molecule has 1 aliphatic heterocycles. The molecule has 1 saturated heterocycles. The van der Waals surface area contributed by atoms with Crippen molar-refractivity contribution in [3.05, 3.63) is 29.8 Å². The molecule has 1 atom stereocenters. The lowest BCUT2D eigenvalue weighted by atomic mass is 9.92. The van der Waals surface area contributed by atoms with Gasteiger partial charge in [-0.15, -0.1) is 0 Å². The SMILES string of the molecule is CC1(NCC(O)COc2ccccc2C#N)CCOCC1. The zero-order valence-corrected chi connectivity index (χ0v) is 12.3. The number of hydrogen-bond acceptors (Lipinski definition) is 5. The monoisotopic (exact) mass is 290 g/mol. The van der Waals surface area contributed by atoms with Crippen molar-refractivity contribution < 1.29 is 14.6 Å². The normalized spacial score (nSPS) is 18.7. The zero-order valence-electron chi connectivity index (χ0n) is 12.3. The van der Waals surface area contributed by atoms with E-state index in [-0.39, 0.29) is 12.1 Å². The number of β-amino-alcohol motifs (C(OH)–C–C–N with tert-alkyl or cyclic N) is 1. The van der Waals surface area contributed by atoms with Crippen molar-refractivity contribution in [2.24, 2.45) is 0 Å². The summed E-state index contributed by atoms with van der Waals surface area (Å²) in [7, 11) is 0. The van der Waals surface area contributed by atoms with Crippen molar-refractivity contribution in [1.29, 1.82) is 5.26 Å². The van der Waals surface area contributed by atoms with Gasteiger partial charge in [0.2, 0.25) is 0 Å². The van der Waals surface area contributed by atoms with E-state index in [0.29, 0.717) is 17.9 Å². The van der Waals surface area contributed by atoms with Gasteiger partial charge in [-0.3, -0.25) is 0 Å². The van der Waals surface area contributed by atoms with E-state index in [0.717, 1.165) is 26.1 Å². The average molecular weight is 290 g/mol. The van der Waals surface area contributed by atoms with Crippen LogP contribution in [-0.2, 0) is 4.74 Å². The predicted molar refractivity (Wildman–Crippen MR) is 79.1 cm³/mol. The summed E-state index contributed by atoms with van der Waals surface area (Å²) in [6.45, 7) is 4.29. The molecule has 114 valence electrons. The number of aliphatic hydroxyl groups is 1. The maximum atomic E-state index is 10.0. The molecule has 0 radical (unpaired) electrons. The maximum Gasteiger partial charge on any atom is 0.137 e. The first-order valence-corrected chi connectivity index (χ1v) is 7.26. The third-order valence-electron chi connectivity index (χ3n) is 3.80. The van der Waals surface area contributed by atoms with Crippen LogP contribution in [0.15, 0.2) is 24.3 Å². The van der Waals surface area contributed by atoms with E-state index in [1.54, 1.807) is 18.2 Å². The minimum absolute atomic E-state index is 0.0177. The van der Waals surface area contributed by atoms with Gasteiger partial charge in [0.05, 0.1) is 5.56 Å². The van der Waals surface area contributed by atoms with Crippen molar-refractivity contribution in [2.45, 2.75) is 31.4 Å². The number of rotatable bonds is 6. The number of nitrogens with zero attached hydrogens (tertiary/aromatic N) is 1. The van der Waals surface area contributed by atoms with Crippen LogP contribution in [0, 0.1) is 11.3 Å². The molecule has 0 amide bonds. The zero-order chi connectivity index (χ0) is 15.1. The minimum Gasteiger partial charge on any atom is -0.489 e. The molecule has 0 bridgehead atoms. The van der Waals surface area contributed by atoms with E-state index in [9.17, 15) is 5.11 Å². The van der Waals surface area contributed by atoms with E-state index in [1.165, 1.54) is 0 Å². The second kappa shape index (κ2) is 7.41. The quantitative estimate of drug-likeness (QED) is 0.829. The largest absolute Gasteiger partial charge is 0.489 e. The molecule has 2 rings (SSSR count). The fourth-order valence-electron chi connectivity index (χ4n) is 2.29. The molecule has 0 saturated carbocycles. The highest BCUT2D eigenvalue weighted by atomic mass is 16.5. The predicted octanol–water partition coefficient (Wildman–Crippen LogP) is 1.46. The van der Waals surface area contributed by atoms with E-state index in [4.69, 9.17) is 14.7 Å².